The summed E-state index contributed by atoms with van der Waals surface area (Å²) in [6.45, 7) is 1.30. The lowest BCUT2D eigenvalue weighted by molar-refractivity contribution is -0.132. The van der Waals surface area contributed by atoms with E-state index in [-0.39, 0.29) is 24.5 Å². The molecule has 3 atom stereocenters. The lowest BCUT2D eigenvalue weighted by atomic mass is 9.74. The molecule has 0 bridgehead atoms. The normalized spacial score (nSPS) is 27.9. The van der Waals surface area contributed by atoms with E-state index < -0.39 is 0 Å². The third-order valence-electron chi connectivity index (χ3n) is 4.13. The summed E-state index contributed by atoms with van der Waals surface area (Å²) >= 11 is 11.8. The van der Waals surface area contributed by atoms with Gasteiger partial charge in [-0.3, -0.25) is 4.79 Å². The molecular weight excluding hydrogens is 301 g/mol. The Morgan fingerprint density at radius 1 is 1.40 bits per heavy atom. The van der Waals surface area contributed by atoms with Crippen molar-refractivity contribution in [3.8, 4) is 5.75 Å². The largest absolute Gasteiger partial charge is 0.482 e. The van der Waals surface area contributed by atoms with Crippen LogP contribution in [0, 0.1) is 11.8 Å². The number of halogens is 2. The number of likely N-dealkylation sites (tertiary alicyclic amines) is 1. The van der Waals surface area contributed by atoms with Crippen LogP contribution in [0.15, 0.2) is 18.2 Å². The molecular formula is C14H15Cl2NO3. The Morgan fingerprint density at radius 3 is 2.85 bits per heavy atom. The van der Waals surface area contributed by atoms with Gasteiger partial charge in [0.2, 0.25) is 0 Å². The number of benzene rings is 1. The Balaban J connectivity index is 1.55. The van der Waals surface area contributed by atoms with Crippen molar-refractivity contribution in [2.24, 2.45) is 11.8 Å². The number of hydrogen-bond donors (Lipinski definition) is 1. The van der Waals surface area contributed by atoms with Gasteiger partial charge >= 0.3 is 0 Å². The van der Waals surface area contributed by atoms with Crippen LogP contribution < -0.4 is 4.74 Å². The number of rotatable bonds is 3. The fourth-order valence-electron chi connectivity index (χ4n) is 2.90. The summed E-state index contributed by atoms with van der Waals surface area (Å²) in [4.78, 5) is 13.8. The van der Waals surface area contributed by atoms with Crippen molar-refractivity contribution in [1.29, 1.82) is 0 Å². The Labute approximate surface area is 127 Å². The maximum absolute atomic E-state index is 12.1. The van der Waals surface area contributed by atoms with Crippen molar-refractivity contribution >= 4 is 29.1 Å². The first-order valence-corrected chi connectivity index (χ1v) is 7.34. The number of amides is 1. The molecule has 2 aliphatic rings. The summed E-state index contributed by atoms with van der Waals surface area (Å²) in [6, 6.07) is 4.89. The number of carbonyl (C=O) groups excluding carboxylic acids is 1. The van der Waals surface area contributed by atoms with E-state index in [1.807, 2.05) is 0 Å². The lowest BCUT2D eigenvalue weighted by Crippen LogP contribution is -2.40. The van der Waals surface area contributed by atoms with Crippen LogP contribution in [-0.2, 0) is 4.79 Å². The van der Waals surface area contributed by atoms with Crippen molar-refractivity contribution in [2.75, 3.05) is 19.7 Å². The van der Waals surface area contributed by atoms with E-state index in [4.69, 9.17) is 27.9 Å². The molecule has 108 valence electrons. The summed E-state index contributed by atoms with van der Waals surface area (Å²) in [5, 5.41) is 10.5. The maximum atomic E-state index is 12.1. The second-order valence-corrected chi connectivity index (χ2v) is 6.23. The molecule has 2 fully saturated rings. The second kappa shape index (κ2) is 5.43. The Bertz CT molecular complexity index is 537. The zero-order valence-corrected chi connectivity index (χ0v) is 12.3. The van der Waals surface area contributed by atoms with Crippen molar-refractivity contribution in [3.63, 3.8) is 0 Å². The summed E-state index contributed by atoms with van der Waals surface area (Å²) in [5.41, 5.74) is 0. The van der Waals surface area contributed by atoms with Gasteiger partial charge in [-0.15, -0.1) is 0 Å². The topological polar surface area (TPSA) is 49.8 Å². The van der Waals surface area contributed by atoms with Crippen LogP contribution in [0.3, 0.4) is 0 Å². The van der Waals surface area contributed by atoms with Gasteiger partial charge in [0.15, 0.2) is 6.61 Å². The minimum absolute atomic E-state index is 0.0448. The van der Waals surface area contributed by atoms with Gasteiger partial charge in [-0.25, -0.2) is 0 Å². The predicted molar refractivity (Wildman–Crippen MR) is 76.1 cm³/mol. The van der Waals surface area contributed by atoms with Crippen LogP contribution in [0.1, 0.15) is 6.42 Å². The Morgan fingerprint density at radius 2 is 2.20 bits per heavy atom. The minimum atomic E-state index is -0.246. The van der Waals surface area contributed by atoms with Crippen LogP contribution in [0.25, 0.3) is 0 Å². The number of carbonyl (C=O) groups is 1. The van der Waals surface area contributed by atoms with Gasteiger partial charge in [0.1, 0.15) is 5.75 Å². The van der Waals surface area contributed by atoms with Gasteiger partial charge in [-0.1, -0.05) is 23.2 Å². The SMILES string of the molecule is O=C(COc1ccc(Cl)cc1Cl)N1C[C@H]2C[C@@H](O)[C@H]2C1. The first kappa shape index (κ1) is 14.0. The Kier molecular flexibility index (Phi) is 3.80. The monoisotopic (exact) mass is 315 g/mol. The van der Waals surface area contributed by atoms with E-state index in [1.54, 1.807) is 23.1 Å². The van der Waals surface area contributed by atoms with Gasteiger partial charge in [0, 0.05) is 24.0 Å². The molecule has 1 aromatic rings. The quantitative estimate of drug-likeness (QED) is 0.930. The number of aliphatic hydroxyl groups excluding tert-OH is 1. The highest BCUT2D eigenvalue weighted by molar-refractivity contribution is 6.35. The molecule has 1 saturated carbocycles. The molecule has 0 spiro atoms. The van der Waals surface area contributed by atoms with Gasteiger partial charge in [0.05, 0.1) is 11.1 Å². The zero-order chi connectivity index (χ0) is 14.3. The summed E-state index contributed by atoms with van der Waals surface area (Å²) in [7, 11) is 0. The molecule has 1 N–H and O–H groups in total. The molecule has 20 heavy (non-hydrogen) atoms. The molecule has 4 nitrogen and oxygen atoms in total. The summed E-state index contributed by atoms with van der Waals surface area (Å²) in [5.74, 6) is 1.08. The molecule has 1 saturated heterocycles. The first-order chi connectivity index (χ1) is 9.54. The molecule has 1 aromatic carbocycles. The molecule has 0 unspecified atom stereocenters. The van der Waals surface area contributed by atoms with E-state index in [1.165, 1.54) is 0 Å². The number of ether oxygens (including phenoxy) is 1. The molecule has 1 aliphatic heterocycles. The van der Waals surface area contributed by atoms with Crippen molar-refractivity contribution < 1.29 is 14.6 Å². The van der Waals surface area contributed by atoms with E-state index in [2.05, 4.69) is 0 Å². The van der Waals surface area contributed by atoms with Gasteiger partial charge in [0.25, 0.3) is 5.91 Å². The highest BCUT2D eigenvalue weighted by Gasteiger charge is 2.47. The fraction of sp³-hybridized carbons (Fsp3) is 0.500. The van der Waals surface area contributed by atoms with Crippen LogP contribution in [0.4, 0.5) is 0 Å². The van der Waals surface area contributed by atoms with E-state index in [0.29, 0.717) is 28.3 Å². The molecule has 1 aliphatic carbocycles. The van der Waals surface area contributed by atoms with E-state index in [9.17, 15) is 9.90 Å². The van der Waals surface area contributed by atoms with Gasteiger partial charge < -0.3 is 14.7 Å². The van der Waals surface area contributed by atoms with Crippen molar-refractivity contribution in [1.82, 2.24) is 4.90 Å². The van der Waals surface area contributed by atoms with Crippen molar-refractivity contribution in [2.45, 2.75) is 12.5 Å². The molecule has 1 amide bonds. The molecule has 6 heteroatoms. The van der Waals surface area contributed by atoms with Gasteiger partial charge in [-0.2, -0.15) is 0 Å². The summed E-state index contributed by atoms with van der Waals surface area (Å²) < 4.78 is 5.44. The van der Waals surface area contributed by atoms with Crippen LogP contribution in [0.5, 0.6) is 5.75 Å². The molecule has 3 rings (SSSR count). The predicted octanol–water partition coefficient (Wildman–Crippen LogP) is 2.21. The standard InChI is InChI=1S/C14H15Cl2NO3/c15-9-1-2-13(11(16)4-9)20-7-14(19)17-5-8-3-12(18)10(8)6-17/h1-2,4,8,10,12,18H,3,5-7H2/t8-,10+,12-/m1/s1. The molecule has 0 aromatic heterocycles. The van der Waals surface area contributed by atoms with Crippen LogP contribution in [-0.4, -0.2) is 41.7 Å². The van der Waals surface area contributed by atoms with Crippen LogP contribution in [0.2, 0.25) is 10.0 Å². The highest BCUT2D eigenvalue weighted by Crippen LogP contribution is 2.40. The average molecular weight is 316 g/mol. The third kappa shape index (κ3) is 2.60. The second-order valence-electron chi connectivity index (χ2n) is 5.39. The number of fused-ring (bicyclic) bond motifs is 1. The molecule has 1 heterocycles. The minimum Gasteiger partial charge on any atom is -0.482 e. The molecule has 0 radical (unpaired) electrons. The van der Waals surface area contributed by atoms with Gasteiger partial charge in [-0.05, 0) is 30.5 Å². The number of hydrogen-bond acceptors (Lipinski definition) is 3. The van der Waals surface area contributed by atoms with Crippen LogP contribution >= 0.6 is 23.2 Å². The van der Waals surface area contributed by atoms with Crippen molar-refractivity contribution in [3.05, 3.63) is 28.2 Å². The lowest BCUT2D eigenvalue weighted by Gasteiger charge is -2.34. The Hall–Kier alpha value is -0.970. The first-order valence-electron chi connectivity index (χ1n) is 6.58. The zero-order valence-electron chi connectivity index (χ0n) is 10.8. The smallest absolute Gasteiger partial charge is 0.260 e. The average Bonchev–Trinajstić information content (AvgIpc) is 2.75. The van der Waals surface area contributed by atoms with E-state index in [0.717, 1.165) is 13.0 Å². The number of aliphatic hydroxyl groups is 1. The highest BCUT2D eigenvalue weighted by atomic mass is 35.5. The maximum Gasteiger partial charge on any atom is 0.260 e. The number of nitrogens with zero attached hydrogens (tertiary/aromatic N) is 1. The third-order valence-corrected chi connectivity index (χ3v) is 4.66. The fourth-order valence-corrected chi connectivity index (χ4v) is 3.36. The summed E-state index contributed by atoms with van der Waals surface area (Å²) in [6.07, 6.45) is 0.558. The van der Waals surface area contributed by atoms with E-state index >= 15 is 0 Å².